The number of anilines is 1. The SMILES string of the molecule is Cc1nc(NC(=O)NCCC(=O)NCC(F)F)sc1-c1cccc(C(=O)NC2CC2)c1. The van der Waals surface area contributed by atoms with Gasteiger partial charge in [0.2, 0.25) is 5.91 Å². The largest absolute Gasteiger partial charge is 0.350 e. The number of rotatable bonds is 9. The van der Waals surface area contributed by atoms with Gasteiger partial charge in [0.1, 0.15) is 0 Å². The molecule has 166 valence electrons. The van der Waals surface area contributed by atoms with Crippen LogP contribution in [-0.4, -0.2) is 48.4 Å². The molecule has 1 fully saturated rings. The van der Waals surface area contributed by atoms with Gasteiger partial charge < -0.3 is 16.0 Å². The minimum absolute atomic E-state index is 0.00370. The van der Waals surface area contributed by atoms with E-state index in [0.717, 1.165) is 23.3 Å². The van der Waals surface area contributed by atoms with Crippen molar-refractivity contribution >= 4 is 34.3 Å². The average molecular weight is 451 g/mol. The van der Waals surface area contributed by atoms with Crippen molar-refractivity contribution in [2.24, 2.45) is 0 Å². The smallest absolute Gasteiger partial charge is 0.321 e. The number of nitrogens with zero attached hydrogens (tertiary/aromatic N) is 1. The maximum Gasteiger partial charge on any atom is 0.321 e. The summed E-state index contributed by atoms with van der Waals surface area (Å²) in [6, 6.07) is 6.93. The second-order valence-electron chi connectivity index (χ2n) is 7.09. The number of amides is 4. The van der Waals surface area contributed by atoms with E-state index in [1.807, 2.05) is 6.07 Å². The number of carbonyl (C=O) groups is 3. The molecule has 11 heteroatoms. The van der Waals surface area contributed by atoms with Gasteiger partial charge in [-0.3, -0.25) is 14.9 Å². The molecule has 1 saturated carbocycles. The molecule has 0 atom stereocenters. The summed E-state index contributed by atoms with van der Waals surface area (Å²) in [5.41, 5.74) is 2.09. The monoisotopic (exact) mass is 451 g/mol. The highest BCUT2D eigenvalue weighted by atomic mass is 32.1. The first-order chi connectivity index (χ1) is 14.8. The lowest BCUT2D eigenvalue weighted by atomic mass is 10.1. The Morgan fingerprint density at radius 2 is 2.00 bits per heavy atom. The Labute approximate surface area is 181 Å². The van der Waals surface area contributed by atoms with Crippen LogP contribution in [-0.2, 0) is 4.79 Å². The summed E-state index contributed by atoms with van der Waals surface area (Å²) in [5.74, 6) is -0.680. The van der Waals surface area contributed by atoms with Crippen molar-refractivity contribution in [1.29, 1.82) is 0 Å². The summed E-state index contributed by atoms with van der Waals surface area (Å²) in [4.78, 5) is 40.8. The molecule has 1 aliphatic rings. The van der Waals surface area contributed by atoms with Crippen molar-refractivity contribution in [1.82, 2.24) is 20.9 Å². The van der Waals surface area contributed by atoms with Crippen molar-refractivity contribution in [2.45, 2.75) is 38.7 Å². The zero-order valence-electron chi connectivity index (χ0n) is 16.8. The Kier molecular flexibility index (Phi) is 7.50. The predicted molar refractivity (Wildman–Crippen MR) is 113 cm³/mol. The molecule has 0 spiro atoms. The van der Waals surface area contributed by atoms with E-state index in [2.05, 4.69) is 26.3 Å². The van der Waals surface area contributed by atoms with E-state index in [-0.39, 0.29) is 24.9 Å². The molecule has 0 bridgehead atoms. The van der Waals surface area contributed by atoms with Crippen LogP contribution in [0.1, 0.15) is 35.3 Å². The summed E-state index contributed by atoms with van der Waals surface area (Å²) >= 11 is 1.26. The van der Waals surface area contributed by atoms with E-state index in [4.69, 9.17) is 0 Å². The molecular formula is C20H23F2N5O3S. The number of urea groups is 1. The third-order valence-corrected chi connectivity index (χ3v) is 5.53. The van der Waals surface area contributed by atoms with Gasteiger partial charge in [-0.05, 0) is 37.5 Å². The number of aromatic nitrogens is 1. The first kappa shape index (κ1) is 22.6. The molecule has 0 saturated heterocycles. The van der Waals surface area contributed by atoms with Gasteiger partial charge in [0, 0.05) is 24.6 Å². The number of nitrogens with one attached hydrogen (secondary N) is 4. The topological polar surface area (TPSA) is 112 Å². The Hall–Kier alpha value is -3.08. The summed E-state index contributed by atoms with van der Waals surface area (Å²) in [6.45, 7) is 1.09. The fourth-order valence-corrected chi connectivity index (χ4v) is 3.68. The zero-order valence-corrected chi connectivity index (χ0v) is 17.7. The highest BCUT2D eigenvalue weighted by molar-refractivity contribution is 7.19. The molecule has 1 aromatic carbocycles. The van der Waals surface area contributed by atoms with Gasteiger partial charge in [-0.25, -0.2) is 18.6 Å². The second-order valence-corrected chi connectivity index (χ2v) is 8.09. The van der Waals surface area contributed by atoms with Crippen molar-refractivity contribution in [3.63, 3.8) is 0 Å². The minimum atomic E-state index is -2.61. The van der Waals surface area contributed by atoms with Crippen molar-refractivity contribution in [2.75, 3.05) is 18.4 Å². The van der Waals surface area contributed by atoms with E-state index >= 15 is 0 Å². The molecule has 0 unspecified atom stereocenters. The first-order valence-corrected chi connectivity index (χ1v) is 10.6. The summed E-state index contributed by atoms with van der Waals surface area (Å²) in [5, 5.41) is 10.5. The van der Waals surface area contributed by atoms with Crippen LogP contribution >= 0.6 is 11.3 Å². The molecule has 0 aliphatic heterocycles. The van der Waals surface area contributed by atoms with Crippen LogP contribution in [0.4, 0.5) is 18.7 Å². The molecule has 2 aromatic rings. The van der Waals surface area contributed by atoms with Crippen LogP contribution in [0.2, 0.25) is 0 Å². The van der Waals surface area contributed by atoms with Crippen LogP contribution in [0.5, 0.6) is 0 Å². The van der Waals surface area contributed by atoms with E-state index in [1.54, 1.807) is 25.1 Å². The molecule has 1 aromatic heterocycles. The molecule has 8 nitrogen and oxygen atoms in total. The third kappa shape index (κ3) is 6.99. The van der Waals surface area contributed by atoms with Gasteiger partial charge in [-0.15, -0.1) is 0 Å². The standard InChI is InChI=1S/C20H23F2N5O3S/c1-11-17(12-3-2-4-13(9-12)18(29)26-14-5-6-14)31-20(25-11)27-19(30)23-8-7-16(28)24-10-15(21)22/h2-4,9,14-15H,5-8,10H2,1H3,(H,24,28)(H,26,29)(H2,23,25,27,30). The number of halogens is 2. The number of alkyl halides is 2. The quantitative estimate of drug-likeness (QED) is 0.470. The average Bonchev–Trinajstić information content (AvgIpc) is 3.46. The lowest BCUT2D eigenvalue weighted by Gasteiger charge is -2.06. The van der Waals surface area contributed by atoms with Gasteiger partial charge in [-0.2, -0.15) is 0 Å². The van der Waals surface area contributed by atoms with Gasteiger partial charge in [0.05, 0.1) is 17.1 Å². The van der Waals surface area contributed by atoms with E-state index in [9.17, 15) is 23.2 Å². The Bertz CT molecular complexity index is 962. The van der Waals surface area contributed by atoms with Crippen LogP contribution in [0.3, 0.4) is 0 Å². The van der Waals surface area contributed by atoms with Crippen LogP contribution < -0.4 is 21.3 Å². The van der Waals surface area contributed by atoms with Crippen LogP contribution in [0.25, 0.3) is 10.4 Å². The normalized spacial score (nSPS) is 13.0. The van der Waals surface area contributed by atoms with Gasteiger partial charge in [0.25, 0.3) is 12.3 Å². The highest BCUT2D eigenvalue weighted by Gasteiger charge is 2.24. The van der Waals surface area contributed by atoms with Gasteiger partial charge in [-0.1, -0.05) is 23.5 Å². The zero-order chi connectivity index (χ0) is 22.4. The van der Waals surface area contributed by atoms with Crippen molar-refractivity contribution in [3.05, 3.63) is 35.5 Å². The Balaban J connectivity index is 1.54. The predicted octanol–water partition coefficient (Wildman–Crippen LogP) is 2.90. The summed E-state index contributed by atoms with van der Waals surface area (Å²) in [7, 11) is 0. The molecular weight excluding hydrogens is 428 g/mol. The van der Waals surface area contributed by atoms with E-state index in [0.29, 0.717) is 16.4 Å². The molecule has 31 heavy (non-hydrogen) atoms. The maximum atomic E-state index is 12.3. The van der Waals surface area contributed by atoms with Gasteiger partial charge in [0.15, 0.2) is 5.13 Å². The first-order valence-electron chi connectivity index (χ1n) is 9.80. The van der Waals surface area contributed by atoms with E-state index in [1.165, 1.54) is 11.3 Å². The minimum Gasteiger partial charge on any atom is -0.350 e. The molecule has 4 N–H and O–H groups in total. The number of aryl methyl sites for hydroxylation is 1. The second kappa shape index (κ2) is 10.3. The maximum absolute atomic E-state index is 12.3. The van der Waals surface area contributed by atoms with Crippen molar-refractivity contribution < 1.29 is 23.2 Å². The van der Waals surface area contributed by atoms with Crippen LogP contribution in [0.15, 0.2) is 24.3 Å². The number of benzene rings is 1. The lowest BCUT2D eigenvalue weighted by molar-refractivity contribution is -0.121. The number of hydrogen-bond donors (Lipinski definition) is 4. The molecule has 1 heterocycles. The molecule has 3 rings (SSSR count). The van der Waals surface area contributed by atoms with Crippen molar-refractivity contribution in [3.8, 4) is 10.4 Å². The Morgan fingerprint density at radius 1 is 1.23 bits per heavy atom. The lowest BCUT2D eigenvalue weighted by Crippen LogP contribution is -2.34. The molecule has 4 amide bonds. The molecule has 1 aliphatic carbocycles. The number of carbonyl (C=O) groups excluding carboxylic acids is 3. The fourth-order valence-electron chi connectivity index (χ4n) is 2.73. The number of hydrogen-bond acceptors (Lipinski definition) is 5. The summed E-state index contributed by atoms with van der Waals surface area (Å²) in [6.07, 6.45) is -0.707. The van der Waals surface area contributed by atoms with Crippen LogP contribution in [0, 0.1) is 6.92 Å². The molecule has 0 radical (unpaired) electrons. The Morgan fingerprint density at radius 3 is 2.71 bits per heavy atom. The fraction of sp³-hybridized carbons (Fsp3) is 0.400. The van der Waals surface area contributed by atoms with Gasteiger partial charge >= 0.3 is 6.03 Å². The highest BCUT2D eigenvalue weighted by Crippen LogP contribution is 2.33. The van der Waals surface area contributed by atoms with E-state index < -0.39 is 24.9 Å². The summed E-state index contributed by atoms with van der Waals surface area (Å²) < 4.78 is 24.1. The number of thiazole rings is 1. The third-order valence-electron chi connectivity index (χ3n) is 4.41.